The van der Waals surface area contributed by atoms with Gasteiger partial charge in [-0.1, -0.05) is 89.3 Å². The quantitative estimate of drug-likeness (QED) is 0.164. The summed E-state index contributed by atoms with van der Waals surface area (Å²) < 4.78 is 7.08. The van der Waals surface area contributed by atoms with Crippen LogP contribution in [0.5, 0.6) is 0 Å². The molecule has 0 atom stereocenters. The molecule has 301 valence electrons. The molecule has 0 N–H and O–H groups in total. The third-order valence-electron chi connectivity index (χ3n) is 11.6. The summed E-state index contributed by atoms with van der Waals surface area (Å²) in [7, 11) is 0. The average Bonchev–Trinajstić information content (AvgIpc) is 3.70. The Kier molecular flexibility index (Phi) is 9.99. The van der Waals surface area contributed by atoms with E-state index < -0.39 is 0 Å². The fraction of sp³-hybridized carbons (Fsp3) is 0.0545. The van der Waals surface area contributed by atoms with Crippen LogP contribution in [0.25, 0.3) is 44.5 Å². The van der Waals surface area contributed by atoms with Crippen molar-refractivity contribution < 1.29 is 24.5 Å². The topological polar surface area (TPSA) is 48.6 Å². The van der Waals surface area contributed by atoms with E-state index in [1.54, 1.807) is 0 Å². The van der Waals surface area contributed by atoms with Crippen LogP contribution in [0.15, 0.2) is 187 Å². The number of furan rings is 1. The number of para-hydroxylation sites is 5. The first-order valence-corrected chi connectivity index (χ1v) is 20.5. The predicted molar refractivity (Wildman–Crippen MR) is 250 cm³/mol. The van der Waals surface area contributed by atoms with Gasteiger partial charge < -0.3 is 24.2 Å². The molecule has 62 heavy (non-hydrogen) atoms. The second-order valence-corrected chi connectivity index (χ2v) is 15.5. The molecule has 7 heteroatoms. The fourth-order valence-electron chi connectivity index (χ4n) is 8.58. The van der Waals surface area contributed by atoms with Crippen molar-refractivity contribution >= 4 is 73.1 Å². The van der Waals surface area contributed by atoms with Gasteiger partial charge in [0.1, 0.15) is 11.3 Å². The first-order chi connectivity index (χ1) is 30.0. The molecule has 3 aromatic heterocycles. The van der Waals surface area contributed by atoms with Gasteiger partial charge in [0.15, 0.2) is 0 Å². The minimum absolute atomic E-state index is 0. The van der Waals surface area contributed by atoms with Gasteiger partial charge in [-0.2, -0.15) is 0 Å². The number of hydrogen-bond donors (Lipinski definition) is 0. The molecule has 0 bridgehead atoms. The Bertz CT molecular complexity index is 3230. The van der Waals surface area contributed by atoms with Crippen molar-refractivity contribution in [2.24, 2.45) is 0 Å². The Balaban J connectivity index is 0.000000281. The second kappa shape index (κ2) is 15.9. The minimum Gasteiger partial charge on any atom is -0.498 e. The molecule has 0 unspecified atom stereocenters. The molecule has 7 aromatic carbocycles. The zero-order valence-corrected chi connectivity index (χ0v) is 36.7. The van der Waals surface area contributed by atoms with Gasteiger partial charge in [0.25, 0.3) is 0 Å². The Morgan fingerprint density at radius 2 is 1.06 bits per heavy atom. The van der Waals surface area contributed by atoms with Gasteiger partial charge in [0.05, 0.1) is 39.7 Å². The molecule has 6 nitrogen and oxygen atoms in total. The first-order valence-electron chi connectivity index (χ1n) is 20.5. The Hall–Kier alpha value is -7.31. The van der Waals surface area contributed by atoms with Crippen molar-refractivity contribution in [2.75, 3.05) is 14.7 Å². The SMILES string of the molecule is Cc1ccc(-c2[c-]cccc2)nc1.Cc1cnc(-c2[c-]ccc3c2oc2c4c(ccc23)N(c2ccccc2)c2cccc3c2N4c2ccccc2N3c2ccccc2)cc1C.[Ir]. The molecule has 0 fully saturated rings. The number of fused-ring (bicyclic) bond motifs is 8. The summed E-state index contributed by atoms with van der Waals surface area (Å²) >= 11 is 0. The monoisotopic (exact) mass is 978 g/mol. The van der Waals surface area contributed by atoms with Gasteiger partial charge in [-0.3, -0.25) is 4.90 Å². The Labute approximate surface area is 374 Å². The summed E-state index contributed by atoms with van der Waals surface area (Å²) in [5.41, 5.74) is 18.7. The molecular formula is C55H39IrN5O-2. The van der Waals surface area contributed by atoms with Crippen LogP contribution in [0, 0.1) is 32.9 Å². The van der Waals surface area contributed by atoms with Crippen molar-refractivity contribution in [1.29, 1.82) is 0 Å². The number of aryl methyl sites for hydroxylation is 3. The van der Waals surface area contributed by atoms with Crippen molar-refractivity contribution in [2.45, 2.75) is 20.8 Å². The third kappa shape index (κ3) is 6.45. The van der Waals surface area contributed by atoms with E-state index in [-0.39, 0.29) is 20.1 Å². The zero-order chi connectivity index (χ0) is 41.0. The standard InChI is InChI=1S/C43H29N4O.C12H10N.Ir/c1-27-25-34(44-26-28(27)2)33-18-11-17-31-32-23-24-39-41(43(32)48-42(31)33)47-36-20-10-9-19-35(36)45(29-13-5-3-6-14-29)37-21-12-22-38(40(37)47)46(39)30-15-7-4-8-16-30;1-10-7-8-12(13-9-10)11-5-3-2-4-6-11;/h3-17,19-26H,1-2H3;2-5,7-9H,1H3;/q2*-1;. The second-order valence-electron chi connectivity index (χ2n) is 15.5. The predicted octanol–water partition coefficient (Wildman–Crippen LogP) is 15.0. The molecule has 0 spiro atoms. The van der Waals surface area contributed by atoms with Gasteiger partial charge >= 0.3 is 0 Å². The summed E-state index contributed by atoms with van der Waals surface area (Å²) in [6.45, 7) is 6.24. The van der Waals surface area contributed by atoms with Crippen molar-refractivity contribution in [1.82, 2.24) is 9.97 Å². The average molecular weight is 978 g/mol. The smallest absolute Gasteiger partial charge is 0.147 e. The summed E-state index contributed by atoms with van der Waals surface area (Å²) in [6.07, 6.45) is 3.80. The van der Waals surface area contributed by atoms with E-state index in [1.165, 1.54) is 11.1 Å². The van der Waals surface area contributed by atoms with Crippen LogP contribution in [0.3, 0.4) is 0 Å². The van der Waals surface area contributed by atoms with Gasteiger partial charge in [-0.15, -0.1) is 54.1 Å². The van der Waals surface area contributed by atoms with E-state index in [4.69, 9.17) is 9.40 Å². The minimum atomic E-state index is 0. The maximum absolute atomic E-state index is 7.08. The van der Waals surface area contributed by atoms with E-state index in [0.29, 0.717) is 0 Å². The van der Waals surface area contributed by atoms with E-state index in [9.17, 15) is 0 Å². The molecule has 12 rings (SSSR count). The van der Waals surface area contributed by atoms with E-state index in [2.05, 4.69) is 179 Å². The number of benzene rings is 7. The summed E-state index contributed by atoms with van der Waals surface area (Å²) in [4.78, 5) is 16.3. The molecule has 0 saturated carbocycles. The maximum atomic E-state index is 7.08. The summed E-state index contributed by atoms with van der Waals surface area (Å²) in [6, 6.07) is 65.7. The van der Waals surface area contributed by atoms with Crippen LogP contribution in [0.4, 0.5) is 51.2 Å². The molecule has 2 aliphatic heterocycles. The van der Waals surface area contributed by atoms with Gasteiger partial charge in [-0.05, 0) is 104 Å². The molecule has 0 aliphatic carbocycles. The van der Waals surface area contributed by atoms with E-state index in [1.807, 2.05) is 55.7 Å². The van der Waals surface area contributed by atoms with Crippen molar-refractivity contribution in [3.05, 3.63) is 211 Å². The largest absolute Gasteiger partial charge is 0.498 e. The molecule has 5 heterocycles. The number of hydrogen-bond acceptors (Lipinski definition) is 6. The van der Waals surface area contributed by atoms with Crippen LogP contribution in [0.2, 0.25) is 0 Å². The van der Waals surface area contributed by atoms with Crippen LogP contribution >= 0.6 is 0 Å². The third-order valence-corrected chi connectivity index (χ3v) is 11.6. The van der Waals surface area contributed by atoms with Crippen LogP contribution < -0.4 is 14.7 Å². The zero-order valence-electron chi connectivity index (χ0n) is 34.3. The van der Waals surface area contributed by atoms with Crippen LogP contribution in [0.1, 0.15) is 16.7 Å². The summed E-state index contributed by atoms with van der Waals surface area (Å²) in [5, 5.41) is 2.10. The first kappa shape index (κ1) is 38.9. The van der Waals surface area contributed by atoms with Crippen LogP contribution in [-0.4, -0.2) is 9.97 Å². The number of pyridine rings is 2. The maximum Gasteiger partial charge on any atom is 0.147 e. The molecule has 10 aromatic rings. The normalized spacial score (nSPS) is 12.2. The van der Waals surface area contributed by atoms with E-state index >= 15 is 0 Å². The van der Waals surface area contributed by atoms with Crippen molar-refractivity contribution in [3.8, 4) is 22.5 Å². The molecule has 0 amide bonds. The van der Waals surface area contributed by atoms with E-state index in [0.717, 1.165) is 101 Å². The van der Waals surface area contributed by atoms with Gasteiger partial charge in [0, 0.05) is 49.3 Å². The summed E-state index contributed by atoms with van der Waals surface area (Å²) in [5.74, 6) is 0. The number of nitrogens with zero attached hydrogens (tertiary/aromatic N) is 5. The molecular weight excluding hydrogens is 939 g/mol. The van der Waals surface area contributed by atoms with Gasteiger partial charge in [0.2, 0.25) is 0 Å². The Morgan fingerprint density at radius 3 is 1.73 bits per heavy atom. The van der Waals surface area contributed by atoms with Gasteiger partial charge in [-0.25, -0.2) is 0 Å². The number of aromatic nitrogens is 2. The number of anilines is 9. The van der Waals surface area contributed by atoms with Crippen LogP contribution in [-0.2, 0) is 20.1 Å². The fourth-order valence-corrected chi connectivity index (χ4v) is 8.58. The Morgan fingerprint density at radius 1 is 0.452 bits per heavy atom. The molecule has 0 saturated heterocycles. The molecule has 1 radical (unpaired) electrons. The van der Waals surface area contributed by atoms with Crippen molar-refractivity contribution in [3.63, 3.8) is 0 Å². The molecule has 2 aliphatic rings. The number of rotatable bonds is 4.